The number of carbonyl (C=O) groups excluding carboxylic acids is 1. The molecule has 2 aliphatic heterocycles. The monoisotopic (exact) mass is 289 g/mol. The predicted octanol–water partition coefficient (Wildman–Crippen LogP) is 2.58. The summed E-state index contributed by atoms with van der Waals surface area (Å²) >= 11 is 0. The number of benzene rings is 1. The van der Waals surface area contributed by atoms with Gasteiger partial charge in [0.25, 0.3) is 0 Å². The third-order valence-electron chi connectivity index (χ3n) is 4.06. The number of aliphatic hydroxyl groups is 1. The molecular weight excluding hydrogens is 270 g/mol. The van der Waals surface area contributed by atoms with Crippen molar-refractivity contribution in [3.05, 3.63) is 48.2 Å². The first-order valence-corrected chi connectivity index (χ1v) is 7.19. The lowest BCUT2D eigenvalue weighted by atomic mass is 10.0. The van der Waals surface area contributed by atoms with E-state index in [-0.39, 0.29) is 18.7 Å². The zero-order valence-electron chi connectivity index (χ0n) is 11.8. The molecule has 2 heterocycles. The van der Waals surface area contributed by atoms with E-state index in [0.29, 0.717) is 25.2 Å². The fourth-order valence-electron chi connectivity index (χ4n) is 2.89. The van der Waals surface area contributed by atoms with Crippen LogP contribution in [0.25, 0.3) is 0 Å². The van der Waals surface area contributed by atoms with Crippen LogP contribution in [0.4, 0.5) is 4.79 Å². The molecule has 0 aliphatic carbocycles. The molecular formula is C16H19NO4. The fourth-order valence-corrected chi connectivity index (χ4v) is 2.89. The molecule has 21 heavy (non-hydrogen) atoms. The zero-order valence-corrected chi connectivity index (χ0v) is 11.8. The van der Waals surface area contributed by atoms with Gasteiger partial charge in [-0.25, -0.2) is 4.79 Å². The Balaban J connectivity index is 1.84. The van der Waals surface area contributed by atoms with Gasteiger partial charge in [-0.3, -0.25) is 4.90 Å². The lowest BCUT2D eigenvalue weighted by Gasteiger charge is -2.26. The number of aliphatic hydroxyl groups excluding tert-OH is 1. The number of hydrogen-bond acceptors (Lipinski definition) is 4. The van der Waals surface area contributed by atoms with Crippen LogP contribution in [-0.2, 0) is 9.47 Å². The average Bonchev–Trinajstić information content (AvgIpc) is 2.97. The second-order valence-electron chi connectivity index (χ2n) is 5.36. The molecule has 2 aliphatic rings. The van der Waals surface area contributed by atoms with E-state index in [4.69, 9.17) is 14.6 Å². The van der Waals surface area contributed by atoms with Crippen LogP contribution in [0, 0.1) is 0 Å². The molecule has 0 bridgehead atoms. The Morgan fingerprint density at radius 1 is 1.33 bits per heavy atom. The van der Waals surface area contributed by atoms with Gasteiger partial charge >= 0.3 is 6.09 Å². The summed E-state index contributed by atoms with van der Waals surface area (Å²) in [5, 5.41) is 8.93. The highest BCUT2D eigenvalue weighted by molar-refractivity contribution is 5.73. The summed E-state index contributed by atoms with van der Waals surface area (Å²) < 4.78 is 10.8. The summed E-state index contributed by atoms with van der Waals surface area (Å²) in [5.74, 6) is 0.597. The third kappa shape index (κ3) is 2.38. The van der Waals surface area contributed by atoms with Gasteiger partial charge in [-0.2, -0.15) is 0 Å². The standard InChI is InChI=1S/C16H19NO4/c1-12-16(21-12,9-5-6-10-18)17-14(11-20-15(17)19)13-7-3-2-4-8-13/h2-4,7-8,14,18H,1,5-6,9-11H2/t14-,16?/m0/s1. The van der Waals surface area contributed by atoms with Gasteiger partial charge in [0.2, 0.25) is 5.72 Å². The van der Waals surface area contributed by atoms with Crippen molar-refractivity contribution in [2.75, 3.05) is 13.2 Å². The van der Waals surface area contributed by atoms with E-state index < -0.39 is 5.72 Å². The molecule has 1 amide bonds. The molecule has 1 aromatic carbocycles. The van der Waals surface area contributed by atoms with E-state index in [2.05, 4.69) is 6.58 Å². The van der Waals surface area contributed by atoms with Crippen LogP contribution in [0.1, 0.15) is 30.9 Å². The van der Waals surface area contributed by atoms with E-state index in [9.17, 15) is 4.79 Å². The minimum atomic E-state index is -0.761. The minimum absolute atomic E-state index is 0.134. The number of cyclic esters (lactones) is 1. The fraction of sp³-hybridized carbons (Fsp3) is 0.438. The number of epoxide rings is 1. The molecule has 2 atom stereocenters. The molecule has 1 unspecified atom stereocenters. The van der Waals surface area contributed by atoms with Gasteiger partial charge in [-0.15, -0.1) is 0 Å². The highest BCUT2D eigenvalue weighted by Gasteiger charge is 2.62. The largest absolute Gasteiger partial charge is 0.459 e. The number of amides is 1. The molecule has 2 fully saturated rings. The molecule has 2 saturated heterocycles. The van der Waals surface area contributed by atoms with Gasteiger partial charge in [-0.05, 0) is 18.4 Å². The van der Waals surface area contributed by atoms with Crippen molar-refractivity contribution in [1.82, 2.24) is 4.90 Å². The summed E-state index contributed by atoms with van der Waals surface area (Å²) in [6, 6.07) is 9.62. The topological polar surface area (TPSA) is 62.3 Å². The summed E-state index contributed by atoms with van der Waals surface area (Å²) in [4.78, 5) is 13.8. The second-order valence-corrected chi connectivity index (χ2v) is 5.36. The van der Waals surface area contributed by atoms with Crippen molar-refractivity contribution in [2.45, 2.75) is 31.0 Å². The average molecular weight is 289 g/mol. The van der Waals surface area contributed by atoms with Gasteiger partial charge in [-0.1, -0.05) is 36.9 Å². The van der Waals surface area contributed by atoms with Crippen LogP contribution < -0.4 is 0 Å². The summed E-state index contributed by atoms with van der Waals surface area (Å²) in [5.41, 5.74) is 0.261. The quantitative estimate of drug-likeness (QED) is 0.646. The number of rotatable bonds is 6. The van der Waals surface area contributed by atoms with Crippen LogP contribution in [0.2, 0.25) is 0 Å². The summed E-state index contributed by atoms with van der Waals surface area (Å²) in [7, 11) is 0. The maximum absolute atomic E-state index is 12.2. The smallest absolute Gasteiger partial charge is 0.413 e. The Morgan fingerprint density at radius 3 is 2.67 bits per heavy atom. The lowest BCUT2D eigenvalue weighted by molar-refractivity contribution is 0.0755. The van der Waals surface area contributed by atoms with Gasteiger partial charge in [0.1, 0.15) is 6.61 Å². The van der Waals surface area contributed by atoms with Crippen LogP contribution >= 0.6 is 0 Å². The normalized spacial score (nSPS) is 27.5. The Hall–Kier alpha value is -2.01. The number of hydrogen-bond donors (Lipinski definition) is 1. The molecule has 0 spiro atoms. The first-order valence-electron chi connectivity index (χ1n) is 7.19. The number of carbonyl (C=O) groups is 1. The first-order chi connectivity index (χ1) is 10.2. The van der Waals surface area contributed by atoms with Crippen molar-refractivity contribution < 1.29 is 19.4 Å². The van der Waals surface area contributed by atoms with Crippen LogP contribution in [0.3, 0.4) is 0 Å². The third-order valence-corrected chi connectivity index (χ3v) is 4.06. The molecule has 112 valence electrons. The Bertz CT molecular complexity index is 544. The summed E-state index contributed by atoms with van der Waals surface area (Å²) in [6.45, 7) is 4.33. The number of nitrogens with zero attached hydrogens (tertiary/aromatic N) is 1. The highest BCUT2D eigenvalue weighted by atomic mass is 16.6. The van der Waals surface area contributed by atoms with Gasteiger partial charge in [0.05, 0.1) is 6.04 Å². The van der Waals surface area contributed by atoms with Crippen LogP contribution in [0.5, 0.6) is 0 Å². The van der Waals surface area contributed by atoms with Crippen molar-refractivity contribution in [2.24, 2.45) is 0 Å². The number of unbranched alkanes of at least 4 members (excludes halogenated alkanes) is 1. The van der Waals surface area contributed by atoms with Crippen molar-refractivity contribution in [3.8, 4) is 0 Å². The summed E-state index contributed by atoms with van der Waals surface area (Å²) in [6.07, 6.45) is 1.70. The van der Waals surface area contributed by atoms with Gasteiger partial charge < -0.3 is 14.6 Å². The van der Waals surface area contributed by atoms with E-state index >= 15 is 0 Å². The lowest BCUT2D eigenvalue weighted by Crippen LogP contribution is -2.40. The second kappa shape index (κ2) is 5.41. The van der Waals surface area contributed by atoms with Crippen molar-refractivity contribution in [1.29, 1.82) is 0 Å². The van der Waals surface area contributed by atoms with E-state index in [1.165, 1.54) is 0 Å². The van der Waals surface area contributed by atoms with E-state index in [1.807, 2.05) is 30.3 Å². The molecule has 5 nitrogen and oxygen atoms in total. The first kappa shape index (κ1) is 13.9. The molecule has 0 radical (unpaired) electrons. The maximum Gasteiger partial charge on any atom is 0.413 e. The zero-order chi connectivity index (χ0) is 14.9. The van der Waals surface area contributed by atoms with E-state index in [0.717, 1.165) is 12.0 Å². The van der Waals surface area contributed by atoms with Crippen LogP contribution in [0.15, 0.2) is 42.7 Å². The van der Waals surface area contributed by atoms with Gasteiger partial charge in [0.15, 0.2) is 5.76 Å². The molecule has 0 aromatic heterocycles. The molecule has 3 rings (SSSR count). The molecule has 5 heteroatoms. The van der Waals surface area contributed by atoms with Crippen LogP contribution in [-0.4, -0.2) is 35.0 Å². The maximum atomic E-state index is 12.2. The highest BCUT2D eigenvalue weighted by Crippen LogP contribution is 2.52. The van der Waals surface area contributed by atoms with Crippen molar-refractivity contribution >= 4 is 6.09 Å². The Kier molecular flexibility index (Phi) is 3.59. The van der Waals surface area contributed by atoms with Gasteiger partial charge in [0, 0.05) is 13.0 Å². The molecule has 1 aromatic rings. The minimum Gasteiger partial charge on any atom is -0.459 e. The van der Waals surface area contributed by atoms with E-state index in [1.54, 1.807) is 4.90 Å². The Morgan fingerprint density at radius 2 is 2.05 bits per heavy atom. The Labute approximate surface area is 123 Å². The van der Waals surface area contributed by atoms with Crippen molar-refractivity contribution in [3.63, 3.8) is 0 Å². The SMILES string of the molecule is C=C1OC1(CCCCO)N1C(=O)OC[C@H]1c1ccccc1. The number of ether oxygens (including phenoxy) is 2. The molecule has 0 saturated carbocycles. The molecule has 1 N–H and O–H groups in total. The predicted molar refractivity (Wildman–Crippen MR) is 76.3 cm³/mol.